The molecule has 2 aromatic rings. The Morgan fingerprint density at radius 2 is 1.58 bits per heavy atom. The number of methoxy groups -OCH3 is 1. The number of carbonyl (C=O) groups excluding carboxylic acids is 3. The highest BCUT2D eigenvalue weighted by molar-refractivity contribution is 6.04. The highest BCUT2D eigenvalue weighted by Gasteiger charge is 2.23. The molecule has 0 N–H and O–H groups in total. The molecule has 0 aromatic heterocycles. The zero-order valence-corrected chi connectivity index (χ0v) is 15.1. The fourth-order valence-corrected chi connectivity index (χ4v) is 2.56. The summed E-state index contributed by atoms with van der Waals surface area (Å²) in [7, 11) is 2.95. The second-order valence-electron chi connectivity index (χ2n) is 5.85. The summed E-state index contributed by atoms with van der Waals surface area (Å²) in [6, 6.07) is 16.1. The van der Waals surface area contributed by atoms with Gasteiger partial charge in [0.1, 0.15) is 6.54 Å². The number of amides is 2. The van der Waals surface area contributed by atoms with E-state index in [1.54, 1.807) is 36.2 Å². The Hall–Kier alpha value is -3.15. The molecule has 0 heterocycles. The van der Waals surface area contributed by atoms with Crippen LogP contribution in [-0.4, -0.2) is 43.4 Å². The highest BCUT2D eigenvalue weighted by Crippen LogP contribution is 2.21. The standard InChI is InChI=1S/C20H22N2O4/c1-15(23)22(18-12-8-7-11-17(18)20(25)26-3)14-19(24)21(2)13-16-9-5-4-6-10-16/h4-12H,13-14H2,1-3H3. The monoisotopic (exact) mass is 354 g/mol. The summed E-state index contributed by atoms with van der Waals surface area (Å²) in [6.45, 7) is 1.63. The second-order valence-corrected chi connectivity index (χ2v) is 5.85. The van der Waals surface area contributed by atoms with E-state index in [2.05, 4.69) is 0 Å². The van der Waals surface area contributed by atoms with Gasteiger partial charge in [0.15, 0.2) is 0 Å². The molecule has 2 amide bonds. The number of anilines is 1. The average molecular weight is 354 g/mol. The van der Waals surface area contributed by atoms with Crippen molar-refractivity contribution < 1.29 is 19.1 Å². The molecule has 26 heavy (non-hydrogen) atoms. The highest BCUT2D eigenvalue weighted by atomic mass is 16.5. The van der Waals surface area contributed by atoms with Crippen LogP contribution in [0.4, 0.5) is 5.69 Å². The van der Waals surface area contributed by atoms with Crippen LogP contribution in [0.25, 0.3) is 0 Å². The lowest BCUT2D eigenvalue weighted by molar-refractivity contribution is -0.130. The summed E-state index contributed by atoms with van der Waals surface area (Å²) < 4.78 is 4.77. The smallest absolute Gasteiger partial charge is 0.339 e. The third-order valence-corrected chi connectivity index (χ3v) is 3.96. The summed E-state index contributed by atoms with van der Waals surface area (Å²) in [5.74, 6) is -1.12. The van der Waals surface area contributed by atoms with Crippen molar-refractivity contribution in [2.75, 3.05) is 25.6 Å². The number of rotatable bonds is 6. The maximum atomic E-state index is 12.6. The molecule has 0 saturated heterocycles. The van der Waals surface area contributed by atoms with Crippen LogP contribution in [0.1, 0.15) is 22.8 Å². The zero-order valence-electron chi connectivity index (χ0n) is 15.1. The SMILES string of the molecule is COC(=O)c1ccccc1N(CC(=O)N(C)Cc1ccccc1)C(C)=O. The molecule has 0 spiro atoms. The fraction of sp³-hybridized carbons (Fsp3) is 0.250. The fourth-order valence-electron chi connectivity index (χ4n) is 2.56. The molecule has 2 aromatic carbocycles. The van der Waals surface area contributed by atoms with Gasteiger partial charge in [0.2, 0.25) is 11.8 Å². The van der Waals surface area contributed by atoms with Gasteiger partial charge < -0.3 is 14.5 Å². The lowest BCUT2D eigenvalue weighted by Gasteiger charge is -2.25. The summed E-state index contributed by atoms with van der Waals surface area (Å²) in [4.78, 5) is 39.5. The molecule has 136 valence electrons. The second kappa shape index (κ2) is 8.80. The molecule has 0 radical (unpaired) electrons. The summed E-state index contributed by atoms with van der Waals surface area (Å²) >= 11 is 0. The lowest BCUT2D eigenvalue weighted by Crippen LogP contribution is -2.41. The van der Waals surface area contributed by atoms with E-state index in [0.717, 1.165) is 5.56 Å². The van der Waals surface area contributed by atoms with E-state index < -0.39 is 5.97 Å². The largest absolute Gasteiger partial charge is 0.465 e. The first kappa shape index (κ1) is 19.2. The van der Waals surface area contributed by atoms with Gasteiger partial charge in [-0.25, -0.2) is 4.79 Å². The van der Waals surface area contributed by atoms with Gasteiger partial charge in [0.05, 0.1) is 18.4 Å². The third-order valence-electron chi connectivity index (χ3n) is 3.96. The number of ether oxygens (including phenoxy) is 1. The first-order valence-electron chi connectivity index (χ1n) is 8.17. The third kappa shape index (κ3) is 4.69. The van der Waals surface area contributed by atoms with Crippen LogP contribution in [0, 0.1) is 0 Å². The van der Waals surface area contributed by atoms with Crippen molar-refractivity contribution in [3.05, 3.63) is 65.7 Å². The van der Waals surface area contributed by atoms with Crippen molar-refractivity contribution in [3.63, 3.8) is 0 Å². The van der Waals surface area contributed by atoms with Crippen LogP contribution < -0.4 is 4.90 Å². The minimum Gasteiger partial charge on any atom is -0.465 e. The first-order valence-corrected chi connectivity index (χ1v) is 8.17. The number of carbonyl (C=O) groups is 3. The van der Waals surface area contributed by atoms with Crippen molar-refractivity contribution in [2.24, 2.45) is 0 Å². The average Bonchev–Trinajstić information content (AvgIpc) is 2.65. The quantitative estimate of drug-likeness (QED) is 0.748. The number of hydrogen-bond acceptors (Lipinski definition) is 4. The number of benzene rings is 2. The molecular formula is C20H22N2O4. The Morgan fingerprint density at radius 3 is 2.19 bits per heavy atom. The van der Waals surface area contributed by atoms with E-state index in [0.29, 0.717) is 12.2 Å². The van der Waals surface area contributed by atoms with Crippen LogP contribution in [0.2, 0.25) is 0 Å². The Kier molecular flexibility index (Phi) is 6.49. The minimum atomic E-state index is -0.558. The summed E-state index contributed by atoms with van der Waals surface area (Å²) in [6.07, 6.45) is 0. The molecule has 6 heteroatoms. The number of para-hydroxylation sites is 1. The zero-order chi connectivity index (χ0) is 19.1. The number of esters is 1. The van der Waals surface area contributed by atoms with Crippen LogP contribution in [-0.2, 0) is 20.9 Å². The number of nitrogens with zero attached hydrogens (tertiary/aromatic N) is 2. The predicted octanol–water partition coefficient (Wildman–Crippen LogP) is 2.48. The molecule has 0 atom stereocenters. The maximum Gasteiger partial charge on any atom is 0.339 e. The number of hydrogen-bond donors (Lipinski definition) is 0. The van der Waals surface area contributed by atoms with Gasteiger partial charge in [-0.3, -0.25) is 9.59 Å². The Morgan fingerprint density at radius 1 is 0.962 bits per heavy atom. The molecule has 0 fully saturated rings. The normalized spacial score (nSPS) is 10.1. The van der Waals surface area contributed by atoms with Crippen molar-refractivity contribution in [1.29, 1.82) is 0 Å². The van der Waals surface area contributed by atoms with Crippen LogP contribution in [0.5, 0.6) is 0 Å². The van der Waals surface area contributed by atoms with Gasteiger partial charge in [-0.15, -0.1) is 0 Å². The molecule has 0 aliphatic heterocycles. The predicted molar refractivity (Wildman–Crippen MR) is 98.7 cm³/mol. The van der Waals surface area contributed by atoms with Gasteiger partial charge >= 0.3 is 5.97 Å². The molecule has 0 saturated carbocycles. The van der Waals surface area contributed by atoms with Crippen LogP contribution in [0.3, 0.4) is 0 Å². The van der Waals surface area contributed by atoms with E-state index in [4.69, 9.17) is 4.74 Å². The van der Waals surface area contributed by atoms with Gasteiger partial charge in [0.25, 0.3) is 0 Å². The van der Waals surface area contributed by atoms with Crippen LogP contribution >= 0.6 is 0 Å². The molecule has 0 aliphatic carbocycles. The molecular weight excluding hydrogens is 332 g/mol. The van der Waals surface area contributed by atoms with Crippen molar-refractivity contribution in [2.45, 2.75) is 13.5 Å². The molecule has 0 bridgehead atoms. The Labute approximate surface area is 153 Å². The molecule has 2 rings (SSSR count). The van der Waals surface area contributed by atoms with E-state index >= 15 is 0 Å². The summed E-state index contributed by atoms with van der Waals surface area (Å²) in [5.41, 5.74) is 1.59. The molecule has 6 nitrogen and oxygen atoms in total. The van der Waals surface area contributed by atoms with Gasteiger partial charge in [0, 0.05) is 20.5 Å². The lowest BCUT2D eigenvalue weighted by atomic mass is 10.1. The van der Waals surface area contributed by atoms with E-state index in [1.807, 2.05) is 30.3 Å². The van der Waals surface area contributed by atoms with Gasteiger partial charge in [-0.2, -0.15) is 0 Å². The van der Waals surface area contributed by atoms with E-state index in [9.17, 15) is 14.4 Å². The number of likely N-dealkylation sites (N-methyl/N-ethyl adjacent to an activating group) is 1. The molecule has 0 aliphatic rings. The summed E-state index contributed by atoms with van der Waals surface area (Å²) in [5, 5.41) is 0. The molecule has 0 unspecified atom stereocenters. The first-order chi connectivity index (χ1) is 12.4. The van der Waals surface area contributed by atoms with Crippen LogP contribution in [0.15, 0.2) is 54.6 Å². The maximum absolute atomic E-state index is 12.6. The Balaban J connectivity index is 2.20. The van der Waals surface area contributed by atoms with Crippen molar-refractivity contribution in [3.8, 4) is 0 Å². The topological polar surface area (TPSA) is 66.9 Å². The van der Waals surface area contributed by atoms with E-state index in [-0.39, 0.29) is 23.9 Å². The minimum absolute atomic E-state index is 0.160. The van der Waals surface area contributed by atoms with Crippen molar-refractivity contribution in [1.82, 2.24) is 4.90 Å². The van der Waals surface area contributed by atoms with Gasteiger partial charge in [-0.05, 0) is 17.7 Å². The van der Waals surface area contributed by atoms with Gasteiger partial charge in [-0.1, -0.05) is 42.5 Å². The Bertz CT molecular complexity index is 789. The van der Waals surface area contributed by atoms with E-state index in [1.165, 1.54) is 18.9 Å². The van der Waals surface area contributed by atoms with Crippen molar-refractivity contribution >= 4 is 23.5 Å².